The third kappa shape index (κ3) is 3.67. The Morgan fingerprint density at radius 2 is 1.76 bits per heavy atom. The van der Waals surface area contributed by atoms with Crippen molar-refractivity contribution in [3.63, 3.8) is 0 Å². The summed E-state index contributed by atoms with van der Waals surface area (Å²) in [6.07, 6.45) is 2.58. The maximum absolute atomic E-state index is 4.92. The molecule has 0 fully saturated rings. The lowest BCUT2D eigenvalue weighted by molar-refractivity contribution is 0.821. The molecule has 25 heavy (non-hydrogen) atoms. The lowest BCUT2D eigenvalue weighted by Crippen LogP contribution is -2.15. The van der Waals surface area contributed by atoms with E-state index in [1.807, 2.05) is 30.3 Å². The SMILES string of the molecule is Brc1cccc(C2CC(c3ccccc3)=Nc3cc(Br)cnc3N2)c1. The lowest BCUT2D eigenvalue weighted by Gasteiger charge is -2.19. The summed E-state index contributed by atoms with van der Waals surface area (Å²) in [4.78, 5) is 9.45. The fraction of sp³-hybridized carbons (Fsp3) is 0.100. The van der Waals surface area contributed by atoms with Gasteiger partial charge in [-0.3, -0.25) is 0 Å². The van der Waals surface area contributed by atoms with Gasteiger partial charge in [0.2, 0.25) is 0 Å². The maximum atomic E-state index is 4.92. The largest absolute Gasteiger partial charge is 0.361 e. The number of anilines is 1. The average molecular weight is 457 g/mol. The first-order valence-electron chi connectivity index (χ1n) is 7.99. The number of benzene rings is 2. The van der Waals surface area contributed by atoms with Gasteiger partial charge in [0, 0.05) is 21.6 Å². The van der Waals surface area contributed by atoms with E-state index in [1.165, 1.54) is 5.56 Å². The zero-order valence-corrected chi connectivity index (χ0v) is 16.5. The Morgan fingerprint density at radius 3 is 2.56 bits per heavy atom. The number of fused-ring (bicyclic) bond motifs is 1. The molecule has 5 heteroatoms. The number of aliphatic imine (C=N–C) groups is 1. The van der Waals surface area contributed by atoms with Crippen molar-refractivity contribution in [1.29, 1.82) is 0 Å². The molecule has 0 saturated heterocycles. The molecule has 0 amide bonds. The second kappa shape index (κ2) is 7.10. The van der Waals surface area contributed by atoms with Crippen LogP contribution in [0.3, 0.4) is 0 Å². The number of aromatic nitrogens is 1. The number of nitrogens with zero attached hydrogens (tertiary/aromatic N) is 2. The van der Waals surface area contributed by atoms with E-state index in [4.69, 9.17) is 4.99 Å². The van der Waals surface area contributed by atoms with Gasteiger partial charge in [-0.1, -0.05) is 58.4 Å². The molecule has 0 radical (unpaired) electrons. The first kappa shape index (κ1) is 16.5. The molecule has 1 aliphatic heterocycles. The van der Waals surface area contributed by atoms with Crippen LogP contribution in [0, 0.1) is 0 Å². The van der Waals surface area contributed by atoms with Crippen LogP contribution in [-0.4, -0.2) is 10.7 Å². The Balaban J connectivity index is 1.82. The third-order valence-electron chi connectivity index (χ3n) is 4.16. The van der Waals surface area contributed by atoms with E-state index in [0.29, 0.717) is 0 Å². The summed E-state index contributed by atoms with van der Waals surface area (Å²) in [6, 6.07) is 20.8. The van der Waals surface area contributed by atoms with Gasteiger partial charge in [0.05, 0.1) is 11.8 Å². The first-order valence-corrected chi connectivity index (χ1v) is 9.58. The molecule has 0 aliphatic carbocycles. The van der Waals surface area contributed by atoms with E-state index < -0.39 is 0 Å². The van der Waals surface area contributed by atoms with Gasteiger partial charge >= 0.3 is 0 Å². The molecule has 0 spiro atoms. The van der Waals surface area contributed by atoms with Crippen molar-refractivity contribution in [2.45, 2.75) is 12.5 Å². The summed E-state index contributed by atoms with van der Waals surface area (Å²) in [6.45, 7) is 0. The number of rotatable bonds is 2. The first-order chi connectivity index (χ1) is 12.2. The van der Waals surface area contributed by atoms with E-state index in [0.717, 1.165) is 38.1 Å². The van der Waals surface area contributed by atoms with Crippen LogP contribution >= 0.6 is 31.9 Å². The van der Waals surface area contributed by atoms with Crippen LogP contribution in [0.1, 0.15) is 23.6 Å². The Hall–Kier alpha value is -1.98. The molecule has 124 valence electrons. The fourth-order valence-corrected chi connectivity index (χ4v) is 3.70. The van der Waals surface area contributed by atoms with E-state index in [1.54, 1.807) is 6.20 Å². The predicted octanol–water partition coefficient (Wildman–Crippen LogP) is 6.28. The Labute approximate surface area is 163 Å². The van der Waals surface area contributed by atoms with Gasteiger partial charge in [-0.2, -0.15) is 0 Å². The molecule has 0 saturated carbocycles. The molecular weight excluding hydrogens is 442 g/mol. The van der Waals surface area contributed by atoms with Gasteiger partial charge < -0.3 is 5.32 Å². The Kier molecular flexibility index (Phi) is 4.68. The second-order valence-corrected chi connectivity index (χ2v) is 7.73. The van der Waals surface area contributed by atoms with E-state index in [-0.39, 0.29) is 6.04 Å². The van der Waals surface area contributed by atoms with Crippen LogP contribution in [0.5, 0.6) is 0 Å². The summed E-state index contributed by atoms with van der Waals surface area (Å²) in [7, 11) is 0. The van der Waals surface area contributed by atoms with Gasteiger partial charge in [-0.25, -0.2) is 9.98 Å². The summed E-state index contributed by atoms with van der Waals surface area (Å²) in [5.41, 5.74) is 4.25. The molecule has 3 aromatic rings. The van der Waals surface area contributed by atoms with Gasteiger partial charge in [0.15, 0.2) is 5.82 Å². The minimum Gasteiger partial charge on any atom is -0.361 e. The lowest BCUT2D eigenvalue weighted by atomic mass is 9.97. The molecule has 1 unspecified atom stereocenters. The normalized spacial score (nSPS) is 16.4. The van der Waals surface area contributed by atoms with Crippen molar-refractivity contribution in [1.82, 2.24) is 4.98 Å². The third-order valence-corrected chi connectivity index (χ3v) is 5.08. The summed E-state index contributed by atoms with van der Waals surface area (Å²) >= 11 is 7.07. The second-order valence-electron chi connectivity index (χ2n) is 5.90. The van der Waals surface area contributed by atoms with E-state index in [9.17, 15) is 0 Å². The molecule has 1 aliphatic rings. The molecule has 4 rings (SSSR count). The molecule has 2 aromatic carbocycles. The highest BCUT2D eigenvalue weighted by Gasteiger charge is 2.22. The smallest absolute Gasteiger partial charge is 0.152 e. The van der Waals surface area contributed by atoms with E-state index in [2.05, 4.69) is 72.5 Å². The molecule has 3 nitrogen and oxygen atoms in total. The van der Waals surface area contributed by atoms with Crippen molar-refractivity contribution in [2.75, 3.05) is 5.32 Å². The maximum Gasteiger partial charge on any atom is 0.152 e. The molecule has 1 aromatic heterocycles. The van der Waals surface area contributed by atoms with Gasteiger partial charge in [-0.05, 0) is 45.3 Å². The monoisotopic (exact) mass is 455 g/mol. The number of halogens is 2. The minimum absolute atomic E-state index is 0.103. The zero-order valence-electron chi connectivity index (χ0n) is 13.3. The molecule has 1 atom stereocenters. The fourth-order valence-electron chi connectivity index (χ4n) is 2.96. The van der Waals surface area contributed by atoms with Crippen molar-refractivity contribution in [3.8, 4) is 0 Å². The van der Waals surface area contributed by atoms with E-state index >= 15 is 0 Å². The highest BCUT2D eigenvalue weighted by atomic mass is 79.9. The minimum atomic E-state index is 0.103. The molecular formula is C20H15Br2N3. The van der Waals surface area contributed by atoms with Crippen LogP contribution in [0.25, 0.3) is 0 Å². The quantitative estimate of drug-likeness (QED) is 0.492. The van der Waals surface area contributed by atoms with Crippen molar-refractivity contribution in [2.24, 2.45) is 4.99 Å². The highest BCUT2D eigenvalue weighted by molar-refractivity contribution is 9.10. The summed E-state index contributed by atoms with van der Waals surface area (Å²) in [5, 5.41) is 3.56. The van der Waals surface area contributed by atoms with Gasteiger partial charge in [0.25, 0.3) is 0 Å². The molecule has 2 heterocycles. The number of hydrogen-bond acceptors (Lipinski definition) is 3. The van der Waals surface area contributed by atoms with Crippen molar-refractivity contribution >= 4 is 49.1 Å². The van der Waals surface area contributed by atoms with Gasteiger partial charge in [-0.15, -0.1) is 0 Å². The topological polar surface area (TPSA) is 37.3 Å². The standard InChI is InChI=1S/C20H15Br2N3/c21-15-8-4-7-14(9-15)18-11-17(13-5-2-1-3-6-13)24-19-10-16(22)12-23-20(19)25-18/h1-10,12,18H,11H2,(H,23,25). The zero-order chi connectivity index (χ0) is 17.2. The summed E-state index contributed by atoms with van der Waals surface area (Å²) < 4.78 is 1.99. The predicted molar refractivity (Wildman–Crippen MR) is 110 cm³/mol. The summed E-state index contributed by atoms with van der Waals surface area (Å²) in [5.74, 6) is 0.805. The van der Waals surface area contributed by atoms with Crippen LogP contribution in [0.15, 0.2) is 80.8 Å². The van der Waals surface area contributed by atoms with Crippen LogP contribution in [0.2, 0.25) is 0 Å². The Bertz CT molecular complexity index is 939. The van der Waals surface area contributed by atoms with Gasteiger partial charge in [0.1, 0.15) is 5.69 Å². The number of nitrogens with one attached hydrogen (secondary N) is 1. The van der Waals surface area contributed by atoms with Crippen molar-refractivity contribution < 1.29 is 0 Å². The molecule has 1 N–H and O–H groups in total. The average Bonchev–Trinajstić information content (AvgIpc) is 2.82. The highest BCUT2D eigenvalue weighted by Crippen LogP contribution is 2.36. The number of pyridine rings is 1. The van der Waals surface area contributed by atoms with Crippen molar-refractivity contribution in [3.05, 3.63) is 86.9 Å². The number of hydrogen-bond donors (Lipinski definition) is 1. The van der Waals surface area contributed by atoms with Crippen LogP contribution in [-0.2, 0) is 0 Å². The molecule has 0 bridgehead atoms. The van der Waals surface area contributed by atoms with Crippen LogP contribution < -0.4 is 5.32 Å². The Morgan fingerprint density at radius 1 is 0.920 bits per heavy atom. The van der Waals surface area contributed by atoms with Crippen LogP contribution in [0.4, 0.5) is 11.5 Å².